The van der Waals surface area contributed by atoms with Crippen LogP contribution in [0, 0.1) is 5.92 Å². The SMILES string of the molecule is NC(=O)c1cc(Cn2c(C(=O)NNC(=O)C3CCC[C@@H](N)C3)cc3ccccc32)c2ccccc2c1. The fraction of sp³-hybridized carbons (Fsp3) is 0.250. The highest BCUT2D eigenvalue weighted by atomic mass is 16.2. The Morgan fingerprint density at radius 3 is 2.44 bits per heavy atom. The molecule has 1 aliphatic carbocycles. The topological polar surface area (TPSA) is 132 Å². The van der Waals surface area contributed by atoms with Gasteiger partial charge in [0.1, 0.15) is 5.69 Å². The molecular weight excluding hydrogens is 454 g/mol. The average Bonchev–Trinajstić information content (AvgIpc) is 3.25. The number of carbonyl (C=O) groups is 3. The molecule has 5 rings (SSSR count). The number of para-hydroxylation sites is 1. The van der Waals surface area contributed by atoms with E-state index in [-0.39, 0.29) is 17.9 Å². The minimum atomic E-state index is -0.512. The Kier molecular flexibility index (Phi) is 6.43. The van der Waals surface area contributed by atoms with Gasteiger partial charge in [-0.3, -0.25) is 25.2 Å². The Labute approximate surface area is 208 Å². The molecule has 1 heterocycles. The number of hydrogen-bond acceptors (Lipinski definition) is 4. The third-order valence-corrected chi connectivity index (χ3v) is 6.99. The predicted molar refractivity (Wildman–Crippen MR) is 139 cm³/mol. The molecule has 3 amide bonds. The molecule has 1 aromatic heterocycles. The lowest BCUT2D eigenvalue weighted by atomic mass is 9.86. The van der Waals surface area contributed by atoms with Crippen LogP contribution in [0.5, 0.6) is 0 Å². The summed E-state index contributed by atoms with van der Waals surface area (Å²) in [6, 6.07) is 20.8. The molecule has 8 nitrogen and oxygen atoms in total. The Morgan fingerprint density at radius 1 is 0.917 bits per heavy atom. The summed E-state index contributed by atoms with van der Waals surface area (Å²) in [5.74, 6) is -1.36. The number of benzene rings is 3. The van der Waals surface area contributed by atoms with Gasteiger partial charge in [0.25, 0.3) is 5.91 Å². The number of amides is 3. The van der Waals surface area contributed by atoms with Crippen molar-refractivity contribution in [3.63, 3.8) is 0 Å². The second-order valence-corrected chi connectivity index (χ2v) is 9.46. The van der Waals surface area contributed by atoms with Crippen molar-refractivity contribution in [3.8, 4) is 0 Å². The van der Waals surface area contributed by atoms with Crippen LogP contribution < -0.4 is 22.3 Å². The molecule has 1 unspecified atom stereocenters. The number of nitrogens with zero attached hydrogens (tertiary/aromatic N) is 1. The van der Waals surface area contributed by atoms with E-state index in [2.05, 4.69) is 10.9 Å². The number of nitrogens with two attached hydrogens (primary N) is 2. The summed E-state index contributed by atoms with van der Waals surface area (Å²) < 4.78 is 1.89. The first-order valence-corrected chi connectivity index (χ1v) is 12.2. The van der Waals surface area contributed by atoms with Crippen LogP contribution >= 0.6 is 0 Å². The number of nitrogens with one attached hydrogen (secondary N) is 2. The Bertz CT molecular complexity index is 1470. The van der Waals surface area contributed by atoms with Crippen molar-refractivity contribution in [2.75, 3.05) is 0 Å². The highest BCUT2D eigenvalue weighted by molar-refractivity contribution is 6.01. The summed E-state index contributed by atoms with van der Waals surface area (Å²) in [6.45, 7) is 0.337. The molecule has 0 saturated heterocycles. The molecule has 184 valence electrons. The van der Waals surface area contributed by atoms with Gasteiger partial charge in [-0.1, -0.05) is 48.9 Å². The van der Waals surface area contributed by atoms with Crippen LogP contribution in [-0.4, -0.2) is 28.3 Å². The fourth-order valence-corrected chi connectivity index (χ4v) is 5.15. The monoisotopic (exact) mass is 483 g/mol. The van der Waals surface area contributed by atoms with Gasteiger partial charge < -0.3 is 16.0 Å². The first kappa shape index (κ1) is 23.6. The number of carbonyl (C=O) groups excluding carboxylic acids is 3. The van der Waals surface area contributed by atoms with Gasteiger partial charge in [-0.15, -0.1) is 0 Å². The van der Waals surface area contributed by atoms with Crippen molar-refractivity contribution < 1.29 is 14.4 Å². The van der Waals surface area contributed by atoms with Crippen LogP contribution in [-0.2, 0) is 11.3 Å². The highest BCUT2D eigenvalue weighted by Crippen LogP contribution is 2.27. The van der Waals surface area contributed by atoms with Crippen LogP contribution in [0.4, 0.5) is 0 Å². The second-order valence-electron chi connectivity index (χ2n) is 9.46. The summed E-state index contributed by atoms with van der Waals surface area (Å²) in [5, 5.41) is 2.75. The van der Waals surface area contributed by atoms with Gasteiger partial charge in [0.05, 0.1) is 0 Å². The summed E-state index contributed by atoms with van der Waals surface area (Å²) in [7, 11) is 0. The van der Waals surface area contributed by atoms with Crippen molar-refractivity contribution in [3.05, 3.63) is 83.6 Å². The average molecular weight is 484 g/mol. The van der Waals surface area contributed by atoms with E-state index in [9.17, 15) is 14.4 Å². The van der Waals surface area contributed by atoms with E-state index in [0.29, 0.717) is 24.2 Å². The third kappa shape index (κ3) is 4.67. The zero-order valence-corrected chi connectivity index (χ0v) is 19.9. The van der Waals surface area contributed by atoms with Gasteiger partial charge >= 0.3 is 0 Å². The lowest BCUT2D eigenvalue weighted by Gasteiger charge is -2.25. The lowest BCUT2D eigenvalue weighted by Crippen LogP contribution is -2.47. The fourth-order valence-electron chi connectivity index (χ4n) is 5.15. The van der Waals surface area contributed by atoms with Gasteiger partial charge in [-0.05, 0) is 59.9 Å². The standard InChI is InChI=1S/C28H29N5O3/c29-22-9-5-8-19(14-22)27(35)31-32-28(36)25-15-18-7-2-4-11-24(18)33(25)16-21-13-20(26(30)34)12-17-6-1-3-10-23(17)21/h1-4,6-7,10-13,15,19,22H,5,8-9,14,16,29H2,(H2,30,34)(H,31,35)(H,32,36)/t19?,22-/m1/s1. The summed E-state index contributed by atoms with van der Waals surface area (Å²) in [5.41, 5.74) is 19.3. The van der Waals surface area contributed by atoms with Gasteiger partial charge in [0.15, 0.2) is 0 Å². The smallest absolute Gasteiger partial charge is 0.286 e. The van der Waals surface area contributed by atoms with E-state index in [1.54, 1.807) is 18.2 Å². The molecule has 6 N–H and O–H groups in total. The molecule has 1 aliphatic rings. The molecule has 1 saturated carbocycles. The molecule has 0 bridgehead atoms. The van der Waals surface area contributed by atoms with Crippen LogP contribution in [0.25, 0.3) is 21.7 Å². The summed E-state index contributed by atoms with van der Waals surface area (Å²) in [6.07, 6.45) is 3.20. The number of primary amides is 1. The largest absolute Gasteiger partial charge is 0.366 e. The van der Waals surface area contributed by atoms with Crippen molar-refractivity contribution in [1.29, 1.82) is 0 Å². The quantitative estimate of drug-likeness (QED) is 0.325. The van der Waals surface area contributed by atoms with Crippen molar-refractivity contribution in [1.82, 2.24) is 15.4 Å². The number of hydrazine groups is 1. The summed E-state index contributed by atoms with van der Waals surface area (Å²) in [4.78, 5) is 37.9. The Balaban J connectivity index is 1.47. The van der Waals surface area contributed by atoms with E-state index in [0.717, 1.165) is 46.5 Å². The molecule has 0 radical (unpaired) electrons. The maximum atomic E-state index is 13.3. The number of hydrogen-bond donors (Lipinski definition) is 4. The van der Waals surface area contributed by atoms with E-state index in [1.165, 1.54) is 0 Å². The van der Waals surface area contributed by atoms with Crippen LogP contribution in [0.1, 0.15) is 52.1 Å². The molecule has 36 heavy (non-hydrogen) atoms. The minimum absolute atomic E-state index is 0.0127. The molecule has 8 heteroatoms. The molecule has 0 aliphatic heterocycles. The Hall–Kier alpha value is -4.17. The third-order valence-electron chi connectivity index (χ3n) is 6.99. The highest BCUT2D eigenvalue weighted by Gasteiger charge is 2.26. The number of fused-ring (bicyclic) bond motifs is 2. The molecule has 2 atom stereocenters. The molecule has 1 fully saturated rings. The molecule has 0 spiro atoms. The normalized spacial score (nSPS) is 17.7. The first-order valence-electron chi connectivity index (χ1n) is 12.2. The second kappa shape index (κ2) is 9.83. The number of aromatic nitrogens is 1. The van der Waals surface area contributed by atoms with Gasteiger partial charge in [-0.2, -0.15) is 0 Å². The van der Waals surface area contributed by atoms with Gasteiger partial charge in [0.2, 0.25) is 11.8 Å². The zero-order valence-electron chi connectivity index (χ0n) is 19.9. The van der Waals surface area contributed by atoms with Gasteiger partial charge in [-0.25, -0.2) is 0 Å². The van der Waals surface area contributed by atoms with Crippen LogP contribution in [0.15, 0.2) is 66.7 Å². The number of rotatable bonds is 5. The maximum Gasteiger partial charge on any atom is 0.286 e. The van der Waals surface area contributed by atoms with Crippen LogP contribution in [0.3, 0.4) is 0 Å². The van der Waals surface area contributed by atoms with E-state index < -0.39 is 11.8 Å². The van der Waals surface area contributed by atoms with Crippen molar-refractivity contribution in [2.45, 2.75) is 38.3 Å². The van der Waals surface area contributed by atoms with E-state index in [4.69, 9.17) is 11.5 Å². The molecule has 4 aromatic rings. The Morgan fingerprint density at radius 2 is 1.67 bits per heavy atom. The first-order chi connectivity index (χ1) is 17.4. The summed E-state index contributed by atoms with van der Waals surface area (Å²) >= 11 is 0. The predicted octanol–water partition coefficient (Wildman–Crippen LogP) is 3.22. The van der Waals surface area contributed by atoms with Crippen LogP contribution in [0.2, 0.25) is 0 Å². The zero-order chi connectivity index (χ0) is 25.2. The minimum Gasteiger partial charge on any atom is -0.366 e. The lowest BCUT2D eigenvalue weighted by molar-refractivity contribution is -0.126. The maximum absolute atomic E-state index is 13.3. The van der Waals surface area contributed by atoms with Gasteiger partial charge in [0, 0.05) is 35.0 Å². The van der Waals surface area contributed by atoms with Crippen molar-refractivity contribution >= 4 is 39.4 Å². The molecule has 3 aromatic carbocycles. The van der Waals surface area contributed by atoms with Crippen molar-refractivity contribution in [2.24, 2.45) is 17.4 Å². The van der Waals surface area contributed by atoms with E-state index >= 15 is 0 Å². The van der Waals surface area contributed by atoms with E-state index in [1.807, 2.05) is 53.1 Å². The molecular formula is C28H29N5O3.